The van der Waals surface area contributed by atoms with Crippen LogP contribution in [0.3, 0.4) is 0 Å². The van der Waals surface area contributed by atoms with Crippen molar-refractivity contribution in [2.45, 2.75) is 4.90 Å². The molecule has 1 rings (SSSR count). The summed E-state index contributed by atoms with van der Waals surface area (Å²) < 4.78 is 57.5. The molecule has 1 aromatic rings. The van der Waals surface area contributed by atoms with Crippen molar-refractivity contribution in [3.63, 3.8) is 0 Å². The summed E-state index contributed by atoms with van der Waals surface area (Å²) in [5, 5.41) is 0. The summed E-state index contributed by atoms with van der Waals surface area (Å²) in [4.78, 5) is 10.6. The Hall–Kier alpha value is -2.06. The molecule has 0 heterocycles. The minimum absolute atomic E-state index is 0.0985. The van der Waals surface area contributed by atoms with E-state index >= 15 is 0 Å². The first-order valence-electron chi connectivity index (χ1n) is 6.08. The van der Waals surface area contributed by atoms with Crippen molar-refractivity contribution < 1.29 is 26.7 Å². The zero-order chi connectivity index (χ0) is 16.9. The van der Waals surface area contributed by atoms with Gasteiger partial charge in [-0.1, -0.05) is 12.2 Å². The van der Waals surface area contributed by atoms with Crippen molar-refractivity contribution in [1.82, 2.24) is 4.31 Å². The van der Waals surface area contributed by atoms with Crippen LogP contribution in [-0.2, 0) is 14.8 Å². The molecule has 0 aliphatic rings. The highest BCUT2D eigenvalue weighted by Gasteiger charge is 2.29. The predicted octanol–water partition coefficient (Wildman–Crippen LogP) is 2.11. The van der Waals surface area contributed by atoms with Gasteiger partial charge < -0.3 is 4.74 Å². The summed E-state index contributed by atoms with van der Waals surface area (Å²) in [7, 11) is -3.29. The van der Waals surface area contributed by atoms with E-state index in [1.807, 2.05) is 0 Å². The first kappa shape index (κ1) is 18.0. The minimum Gasteiger partial charge on any atom is -0.465 e. The Kier molecular flexibility index (Phi) is 5.95. The number of esters is 1. The van der Waals surface area contributed by atoms with Crippen LogP contribution in [0.25, 0.3) is 0 Å². The largest absolute Gasteiger partial charge is 0.465 e. The van der Waals surface area contributed by atoms with Gasteiger partial charge in [-0.3, -0.25) is 0 Å². The fourth-order valence-electron chi connectivity index (χ4n) is 1.69. The monoisotopic (exact) mass is 331 g/mol. The Morgan fingerprint density at radius 3 is 2.23 bits per heavy atom. The first-order chi connectivity index (χ1) is 10.3. The number of ether oxygens (including phenoxy) is 1. The Bertz CT molecular complexity index is 691. The van der Waals surface area contributed by atoms with Crippen LogP contribution < -0.4 is 0 Å². The van der Waals surface area contributed by atoms with Gasteiger partial charge >= 0.3 is 5.97 Å². The number of sulfonamides is 1. The third-order valence-electron chi connectivity index (χ3n) is 2.71. The molecule has 0 amide bonds. The number of hydrogen-bond donors (Lipinski definition) is 0. The topological polar surface area (TPSA) is 63.7 Å². The molecule has 0 radical (unpaired) electrons. The maximum Gasteiger partial charge on any atom is 0.340 e. The van der Waals surface area contributed by atoms with Gasteiger partial charge in [0, 0.05) is 19.2 Å². The summed E-state index contributed by atoms with van der Waals surface area (Å²) in [6.45, 7) is 6.64. The van der Waals surface area contributed by atoms with E-state index in [1.165, 1.54) is 12.2 Å². The van der Waals surface area contributed by atoms with E-state index in [4.69, 9.17) is 0 Å². The Labute approximate surface area is 127 Å². The summed E-state index contributed by atoms with van der Waals surface area (Å²) in [5.74, 6) is -3.61. The number of methoxy groups -OCH3 is 1. The fourth-order valence-corrected chi connectivity index (χ4v) is 3.14. The van der Waals surface area contributed by atoms with Crippen molar-refractivity contribution in [2.24, 2.45) is 0 Å². The number of nitrogens with zero attached hydrogens (tertiary/aromatic N) is 1. The fraction of sp³-hybridized carbons (Fsp3) is 0.214. The molecule has 120 valence electrons. The third-order valence-corrected chi connectivity index (χ3v) is 4.56. The molecule has 0 fully saturated rings. The Morgan fingerprint density at radius 2 is 1.77 bits per heavy atom. The van der Waals surface area contributed by atoms with Gasteiger partial charge in [0.15, 0.2) is 0 Å². The maximum atomic E-state index is 13.9. The van der Waals surface area contributed by atoms with Gasteiger partial charge in [0.1, 0.15) is 16.5 Å². The van der Waals surface area contributed by atoms with E-state index < -0.39 is 38.1 Å². The van der Waals surface area contributed by atoms with Crippen LogP contribution in [0, 0.1) is 11.6 Å². The first-order valence-corrected chi connectivity index (χ1v) is 7.52. The van der Waals surface area contributed by atoms with E-state index in [9.17, 15) is 22.0 Å². The van der Waals surface area contributed by atoms with Crippen LogP contribution in [0.15, 0.2) is 42.3 Å². The predicted molar refractivity (Wildman–Crippen MR) is 76.9 cm³/mol. The lowest BCUT2D eigenvalue weighted by Crippen LogP contribution is -2.32. The van der Waals surface area contributed by atoms with Crippen molar-refractivity contribution in [3.05, 3.63) is 54.6 Å². The number of rotatable bonds is 7. The zero-order valence-electron chi connectivity index (χ0n) is 11.9. The zero-order valence-corrected chi connectivity index (χ0v) is 12.7. The van der Waals surface area contributed by atoms with E-state index in [2.05, 4.69) is 17.9 Å². The van der Waals surface area contributed by atoms with Crippen molar-refractivity contribution in [2.75, 3.05) is 20.2 Å². The Balaban J connectivity index is 3.49. The van der Waals surface area contributed by atoms with Crippen molar-refractivity contribution >= 4 is 16.0 Å². The summed E-state index contributed by atoms with van der Waals surface area (Å²) in [6, 6.07) is 0.949. The van der Waals surface area contributed by atoms with E-state index in [1.54, 1.807) is 0 Å². The molecular formula is C14H15F2NO4S. The quantitative estimate of drug-likeness (QED) is 0.567. The summed E-state index contributed by atoms with van der Waals surface area (Å²) in [5.41, 5.74) is -0.667. The van der Waals surface area contributed by atoms with Crippen LogP contribution in [-0.4, -0.2) is 38.9 Å². The van der Waals surface area contributed by atoms with Crippen LogP contribution >= 0.6 is 0 Å². The molecule has 0 saturated carbocycles. The van der Waals surface area contributed by atoms with Crippen molar-refractivity contribution in [1.29, 1.82) is 0 Å². The van der Waals surface area contributed by atoms with Crippen LogP contribution in [0.2, 0.25) is 0 Å². The van der Waals surface area contributed by atoms with Gasteiger partial charge in [0.2, 0.25) is 10.0 Å². The highest BCUT2D eigenvalue weighted by molar-refractivity contribution is 7.89. The average molecular weight is 331 g/mol. The second-order valence-corrected chi connectivity index (χ2v) is 6.06. The molecule has 0 N–H and O–H groups in total. The molecule has 0 unspecified atom stereocenters. The molecule has 0 aliphatic heterocycles. The summed E-state index contributed by atoms with van der Waals surface area (Å²) >= 11 is 0. The normalized spacial score (nSPS) is 11.3. The van der Waals surface area contributed by atoms with Crippen LogP contribution in [0.4, 0.5) is 8.78 Å². The van der Waals surface area contributed by atoms with E-state index in [0.717, 1.165) is 11.4 Å². The minimum atomic E-state index is -4.30. The third kappa shape index (κ3) is 3.58. The van der Waals surface area contributed by atoms with Gasteiger partial charge in [-0.25, -0.2) is 22.0 Å². The maximum absolute atomic E-state index is 13.9. The molecule has 0 aromatic heterocycles. The molecule has 0 spiro atoms. The van der Waals surface area contributed by atoms with Gasteiger partial charge in [-0.05, 0) is 6.07 Å². The number of carbonyl (C=O) groups excluding carboxylic acids is 1. The smallest absolute Gasteiger partial charge is 0.340 e. The van der Waals surface area contributed by atoms with Gasteiger partial charge in [-0.2, -0.15) is 4.31 Å². The molecular weight excluding hydrogens is 316 g/mol. The standard InChI is InChI=1S/C14H15F2NO4S/c1-4-6-17(7-5-2)22(19,20)13-8-10(14(18)21-3)11(15)9-12(13)16/h4-5,8-9H,1-2,6-7H2,3H3. The highest BCUT2D eigenvalue weighted by atomic mass is 32.2. The molecule has 0 atom stereocenters. The van der Waals surface area contributed by atoms with E-state index in [-0.39, 0.29) is 13.1 Å². The number of hydrogen-bond acceptors (Lipinski definition) is 4. The molecule has 0 saturated heterocycles. The lowest BCUT2D eigenvalue weighted by Gasteiger charge is -2.19. The van der Waals surface area contributed by atoms with Gasteiger partial charge in [0.25, 0.3) is 0 Å². The lowest BCUT2D eigenvalue weighted by molar-refractivity contribution is 0.0595. The highest BCUT2D eigenvalue weighted by Crippen LogP contribution is 2.23. The lowest BCUT2D eigenvalue weighted by atomic mass is 10.2. The second kappa shape index (κ2) is 7.28. The van der Waals surface area contributed by atoms with Crippen LogP contribution in [0.1, 0.15) is 10.4 Å². The van der Waals surface area contributed by atoms with Gasteiger partial charge in [-0.15, -0.1) is 13.2 Å². The SMILES string of the molecule is C=CCN(CC=C)S(=O)(=O)c1cc(C(=O)OC)c(F)cc1F. The number of halogens is 2. The molecule has 22 heavy (non-hydrogen) atoms. The number of benzene rings is 1. The molecule has 0 aliphatic carbocycles. The average Bonchev–Trinajstić information content (AvgIpc) is 2.46. The molecule has 8 heteroatoms. The Morgan fingerprint density at radius 1 is 1.23 bits per heavy atom. The van der Waals surface area contributed by atoms with Crippen molar-refractivity contribution in [3.8, 4) is 0 Å². The second-order valence-electron chi connectivity index (χ2n) is 4.15. The number of carbonyl (C=O) groups is 1. The van der Waals surface area contributed by atoms with E-state index in [0.29, 0.717) is 12.1 Å². The summed E-state index contributed by atoms with van der Waals surface area (Å²) in [6.07, 6.45) is 2.62. The molecule has 5 nitrogen and oxygen atoms in total. The van der Waals surface area contributed by atoms with Gasteiger partial charge in [0.05, 0.1) is 12.7 Å². The molecule has 1 aromatic carbocycles. The molecule has 0 bridgehead atoms. The van der Waals surface area contributed by atoms with Crippen LogP contribution in [0.5, 0.6) is 0 Å².